The maximum absolute atomic E-state index is 12.0. The molecule has 1 aromatic carbocycles. The topological polar surface area (TPSA) is 67.2 Å². The summed E-state index contributed by atoms with van der Waals surface area (Å²) in [6.07, 6.45) is 4.94. The summed E-state index contributed by atoms with van der Waals surface area (Å²) in [5.74, 6) is 0.136. The molecule has 0 fully saturated rings. The van der Waals surface area contributed by atoms with Gasteiger partial charge in [0.15, 0.2) is 0 Å². The summed E-state index contributed by atoms with van der Waals surface area (Å²) < 4.78 is 0. The number of amides is 1. The molecule has 0 saturated heterocycles. The number of hydrazone groups is 1. The first-order chi connectivity index (χ1) is 12.1. The minimum atomic E-state index is -0.152. The molecule has 0 aliphatic rings. The molecule has 2 aromatic heterocycles. The van der Waals surface area contributed by atoms with Crippen LogP contribution in [0.2, 0.25) is 0 Å². The zero-order chi connectivity index (χ0) is 17.6. The molecule has 0 radical (unpaired) electrons. The molecule has 0 aliphatic heterocycles. The zero-order valence-electron chi connectivity index (χ0n) is 14.1. The highest BCUT2D eigenvalue weighted by molar-refractivity contribution is 8.00. The molecule has 126 valence electrons. The normalized spacial score (nSPS) is 11.1. The fourth-order valence-electron chi connectivity index (χ4n) is 2.41. The number of thioether (sulfide) groups is 1. The Morgan fingerprint density at radius 3 is 2.96 bits per heavy atom. The average Bonchev–Trinajstić information content (AvgIpc) is 2.61. The monoisotopic (exact) mass is 350 g/mol. The van der Waals surface area contributed by atoms with Gasteiger partial charge in [-0.1, -0.05) is 24.3 Å². The van der Waals surface area contributed by atoms with E-state index in [1.54, 1.807) is 18.6 Å². The number of fused-ring (bicyclic) bond motifs is 1. The molecule has 6 heteroatoms. The summed E-state index contributed by atoms with van der Waals surface area (Å²) in [5, 5.41) is 5.03. The van der Waals surface area contributed by atoms with Crippen LogP contribution in [0.3, 0.4) is 0 Å². The number of aryl methyl sites for hydroxylation is 2. The number of hydrogen-bond acceptors (Lipinski definition) is 5. The number of para-hydroxylation sites is 1. The average molecular weight is 350 g/mol. The van der Waals surface area contributed by atoms with Crippen molar-refractivity contribution in [2.24, 2.45) is 5.10 Å². The molecular weight excluding hydrogens is 332 g/mol. The van der Waals surface area contributed by atoms with E-state index in [1.165, 1.54) is 11.8 Å². The van der Waals surface area contributed by atoms with E-state index < -0.39 is 0 Å². The van der Waals surface area contributed by atoms with E-state index >= 15 is 0 Å². The fourth-order valence-corrected chi connectivity index (χ4v) is 3.33. The van der Waals surface area contributed by atoms with Crippen LogP contribution in [0.5, 0.6) is 0 Å². The molecule has 2 heterocycles. The third kappa shape index (κ3) is 4.42. The van der Waals surface area contributed by atoms with Crippen molar-refractivity contribution in [3.05, 3.63) is 65.6 Å². The van der Waals surface area contributed by atoms with Gasteiger partial charge in [-0.2, -0.15) is 5.10 Å². The summed E-state index contributed by atoms with van der Waals surface area (Å²) in [6, 6.07) is 11.8. The highest BCUT2D eigenvalue weighted by Gasteiger charge is 2.08. The molecule has 0 spiro atoms. The summed E-state index contributed by atoms with van der Waals surface area (Å²) in [6.45, 7) is 4.01. The largest absolute Gasteiger partial charge is 0.272 e. The Morgan fingerprint density at radius 2 is 2.16 bits per heavy atom. The maximum atomic E-state index is 12.0. The number of pyridine rings is 2. The van der Waals surface area contributed by atoms with Crippen LogP contribution in [0.1, 0.15) is 16.8 Å². The summed E-state index contributed by atoms with van der Waals surface area (Å²) in [5.41, 5.74) is 6.44. The van der Waals surface area contributed by atoms with Gasteiger partial charge < -0.3 is 0 Å². The molecule has 25 heavy (non-hydrogen) atoms. The van der Waals surface area contributed by atoms with Gasteiger partial charge in [-0.3, -0.25) is 14.8 Å². The number of rotatable bonds is 5. The second-order valence-electron chi connectivity index (χ2n) is 5.60. The van der Waals surface area contributed by atoms with Crippen LogP contribution in [0, 0.1) is 13.8 Å². The van der Waals surface area contributed by atoms with Crippen LogP contribution in [-0.4, -0.2) is 27.8 Å². The quantitative estimate of drug-likeness (QED) is 0.434. The van der Waals surface area contributed by atoms with Crippen molar-refractivity contribution in [1.82, 2.24) is 15.4 Å². The van der Waals surface area contributed by atoms with Crippen molar-refractivity contribution in [1.29, 1.82) is 0 Å². The van der Waals surface area contributed by atoms with Gasteiger partial charge in [0.2, 0.25) is 5.91 Å². The van der Waals surface area contributed by atoms with Gasteiger partial charge in [-0.25, -0.2) is 5.43 Å². The van der Waals surface area contributed by atoms with Crippen LogP contribution in [0.15, 0.2) is 58.8 Å². The number of nitrogens with one attached hydrogen (secondary N) is 1. The smallest absolute Gasteiger partial charge is 0.250 e. The van der Waals surface area contributed by atoms with Crippen molar-refractivity contribution < 1.29 is 4.79 Å². The first-order valence-electron chi connectivity index (χ1n) is 7.85. The Hall–Kier alpha value is -2.73. The molecule has 0 unspecified atom stereocenters. The second-order valence-corrected chi connectivity index (χ2v) is 6.62. The van der Waals surface area contributed by atoms with Gasteiger partial charge in [-0.05, 0) is 31.5 Å². The highest BCUT2D eigenvalue weighted by atomic mass is 32.2. The van der Waals surface area contributed by atoms with Crippen molar-refractivity contribution >= 4 is 34.8 Å². The van der Waals surface area contributed by atoms with E-state index in [9.17, 15) is 4.79 Å². The second kappa shape index (κ2) is 7.90. The van der Waals surface area contributed by atoms with Crippen LogP contribution >= 0.6 is 11.8 Å². The molecule has 3 aromatic rings. The van der Waals surface area contributed by atoms with Crippen LogP contribution in [0.25, 0.3) is 10.9 Å². The van der Waals surface area contributed by atoms with E-state index in [2.05, 4.69) is 20.5 Å². The summed E-state index contributed by atoms with van der Waals surface area (Å²) in [7, 11) is 0. The van der Waals surface area contributed by atoms with E-state index in [1.807, 2.05) is 50.2 Å². The van der Waals surface area contributed by atoms with Gasteiger partial charge in [0.05, 0.1) is 17.5 Å². The Kier molecular flexibility index (Phi) is 5.40. The molecular formula is C19H18N4OS. The maximum Gasteiger partial charge on any atom is 0.250 e. The molecule has 0 aliphatic carbocycles. The SMILES string of the molecule is Cc1cc(SCC(=O)NN=Cc2cccnc2)c2cccc(C)c2n1. The van der Waals surface area contributed by atoms with Crippen LogP contribution in [0.4, 0.5) is 0 Å². The first kappa shape index (κ1) is 17.1. The van der Waals surface area contributed by atoms with Crippen molar-refractivity contribution in [2.45, 2.75) is 18.7 Å². The molecule has 0 saturated carbocycles. The Labute approximate surface area is 150 Å². The third-order valence-electron chi connectivity index (χ3n) is 3.58. The van der Waals surface area contributed by atoms with Crippen molar-refractivity contribution in [3.63, 3.8) is 0 Å². The first-order valence-corrected chi connectivity index (χ1v) is 8.84. The summed E-state index contributed by atoms with van der Waals surface area (Å²) >= 11 is 1.49. The van der Waals surface area contributed by atoms with E-state index in [0.717, 1.165) is 32.6 Å². The number of carbonyl (C=O) groups is 1. The Morgan fingerprint density at radius 1 is 1.28 bits per heavy atom. The number of nitrogens with zero attached hydrogens (tertiary/aromatic N) is 3. The number of carbonyl (C=O) groups excluding carboxylic acids is 1. The predicted octanol–water partition coefficient (Wildman–Crippen LogP) is 3.49. The van der Waals surface area contributed by atoms with Gasteiger partial charge in [0.1, 0.15) is 0 Å². The highest BCUT2D eigenvalue weighted by Crippen LogP contribution is 2.29. The van der Waals surface area contributed by atoms with Crippen LogP contribution < -0.4 is 5.43 Å². The summed E-state index contributed by atoms with van der Waals surface area (Å²) in [4.78, 5) is 21.7. The Balaban J connectivity index is 1.65. The molecule has 0 atom stereocenters. The van der Waals surface area contributed by atoms with E-state index in [-0.39, 0.29) is 11.7 Å². The fraction of sp³-hybridized carbons (Fsp3) is 0.158. The van der Waals surface area contributed by atoms with Gasteiger partial charge in [0, 0.05) is 33.9 Å². The Bertz CT molecular complexity index is 925. The number of aromatic nitrogens is 2. The van der Waals surface area contributed by atoms with E-state index in [0.29, 0.717) is 0 Å². The lowest BCUT2D eigenvalue weighted by atomic mass is 10.1. The molecule has 5 nitrogen and oxygen atoms in total. The van der Waals surface area contributed by atoms with Gasteiger partial charge in [-0.15, -0.1) is 11.8 Å². The number of hydrogen-bond donors (Lipinski definition) is 1. The molecule has 1 amide bonds. The van der Waals surface area contributed by atoms with Crippen molar-refractivity contribution in [2.75, 3.05) is 5.75 Å². The van der Waals surface area contributed by atoms with Crippen molar-refractivity contribution in [3.8, 4) is 0 Å². The van der Waals surface area contributed by atoms with Gasteiger partial charge in [0.25, 0.3) is 0 Å². The van der Waals surface area contributed by atoms with Crippen LogP contribution in [-0.2, 0) is 4.79 Å². The predicted molar refractivity (Wildman–Crippen MR) is 102 cm³/mol. The minimum Gasteiger partial charge on any atom is -0.272 e. The lowest BCUT2D eigenvalue weighted by molar-refractivity contribution is -0.118. The third-order valence-corrected chi connectivity index (χ3v) is 4.63. The standard InChI is InChI=1S/C19H18N4OS/c1-13-5-3-7-16-17(9-14(2)22-19(13)16)25-12-18(24)23-21-11-15-6-4-8-20-10-15/h3-11H,12H2,1-2H3,(H,23,24). The molecule has 1 N–H and O–H groups in total. The zero-order valence-corrected chi connectivity index (χ0v) is 14.9. The minimum absolute atomic E-state index is 0.152. The molecule has 3 rings (SSSR count). The molecule has 0 bridgehead atoms. The lowest BCUT2D eigenvalue weighted by Crippen LogP contribution is -2.19. The van der Waals surface area contributed by atoms with Gasteiger partial charge >= 0.3 is 0 Å². The van der Waals surface area contributed by atoms with E-state index in [4.69, 9.17) is 0 Å². The lowest BCUT2D eigenvalue weighted by Gasteiger charge is -2.09. The number of benzene rings is 1.